The monoisotopic (exact) mass is 256 g/mol. The summed E-state index contributed by atoms with van der Waals surface area (Å²) in [6, 6.07) is 20.8. The first kappa shape index (κ1) is 15.0. The highest BCUT2D eigenvalue weighted by molar-refractivity contribution is 5.68. The Kier molecular flexibility index (Phi) is 7.03. The molecule has 0 fully saturated rings. The van der Waals surface area contributed by atoms with E-state index in [1.54, 1.807) is 0 Å². The summed E-state index contributed by atoms with van der Waals surface area (Å²) < 4.78 is 4.35. The lowest BCUT2D eigenvalue weighted by molar-refractivity contribution is -0.140. The van der Waals surface area contributed by atoms with Crippen molar-refractivity contribution in [2.45, 2.75) is 19.8 Å². The number of benzene rings is 2. The van der Waals surface area contributed by atoms with E-state index in [9.17, 15) is 4.79 Å². The Hall–Kier alpha value is -2.09. The van der Waals surface area contributed by atoms with Crippen molar-refractivity contribution in [1.29, 1.82) is 0 Å². The van der Waals surface area contributed by atoms with Crippen LogP contribution in [0.25, 0.3) is 11.1 Å². The van der Waals surface area contributed by atoms with Crippen molar-refractivity contribution in [3.8, 4) is 11.1 Å². The molecule has 0 spiro atoms. The highest BCUT2D eigenvalue weighted by atomic mass is 16.5. The molecule has 0 saturated carbocycles. The Labute approximate surface area is 115 Å². The van der Waals surface area contributed by atoms with Crippen molar-refractivity contribution < 1.29 is 9.53 Å². The fourth-order valence-electron chi connectivity index (χ4n) is 1.57. The number of ether oxygens (including phenoxy) is 1. The van der Waals surface area contributed by atoms with E-state index in [1.807, 2.05) is 19.1 Å². The zero-order valence-electron chi connectivity index (χ0n) is 11.5. The third kappa shape index (κ3) is 5.87. The summed E-state index contributed by atoms with van der Waals surface area (Å²) in [7, 11) is 1.40. The van der Waals surface area contributed by atoms with Crippen LogP contribution in [0.3, 0.4) is 0 Å². The molecule has 0 radical (unpaired) electrons. The number of hydrogen-bond donors (Lipinski definition) is 0. The quantitative estimate of drug-likeness (QED) is 0.765. The van der Waals surface area contributed by atoms with Gasteiger partial charge in [-0.05, 0) is 17.5 Å². The van der Waals surface area contributed by atoms with Gasteiger partial charge in [-0.25, -0.2) is 0 Å². The number of esters is 1. The molecular weight excluding hydrogens is 236 g/mol. The van der Waals surface area contributed by atoms with Crippen LogP contribution >= 0.6 is 0 Å². The molecule has 2 rings (SSSR count). The first-order valence-corrected chi connectivity index (χ1v) is 6.45. The smallest absolute Gasteiger partial charge is 0.305 e. The molecule has 0 aliphatic heterocycles. The number of rotatable bonds is 3. The standard InChI is InChI=1S/C12H10.C5H10O2/c1-3-7-11(8-4-1)12-9-5-2-6-10-12;1-3-4-5(6)7-2/h1-10H;3-4H2,1-2H3. The maximum Gasteiger partial charge on any atom is 0.305 e. The van der Waals surface area contributed by atoms with E-state index >= 15 is 0 Å². The largest absolute Gasteiger partial charge is 0.469 e. The van der Waals surface area contributed by atoms with E-state index in [4.69, 9.17) is 0 Å². The second kappa shape index (κ2) is 8.92. The van der Waals surface area contributed by atoms with Gasteiger partial charge in [-0.1, -0.05) is 67.6 Å². The van der Waals surface area contributed by atoms with Crippen LogP contribution in [0.15, 0.2) is 60.7 Å². The summed E-state index contributed by atoms with van der Waals surface area (Å²) in [6.45, 7) is 1.94. The Bertz CT molecular complexity index is 426. The van der Waals surface area contributed by atoms with Crippen LogP contribution in [0, 0.1) is 0 Å². The minimum Gasteiger partial charge on any atom is -0.469 e. The van der Waals surface area contributed by atoms with Crippen LogP contribution in [0.1, 0.15) is 19.8 Å². The number of carbonyl (C=O) groups excluding carboxylic acids is 1. The first-order chi connectivity index (χ1) is 9.27. The Balaban J connectivity index is 0.000000224. The van der Waals surface area contributed by atoms with Gasteiger partial charge in [-0.15, -0.1) is 0 Å². The molecule has 0 N–H and O–H groups in total. The molecule has 2 aromatic carbocycles. The molecule has 0 aliphatic carbocycles. The minimum atomic E-state index is -0.123. The summed E-state index contributed by atoms with van der Waals surface area (Å²) in [5, 5.41) is 0. The predicted molar refractivity (Wildman–Crippen MR) is 78.8 cm³/mol. The van der Waals surface area contributed by atoms with Gasteiger partial charge in [0.1, 0.15) is 0 Å². The molecule has 0 unspecified atom stereocenters. The van der Waals surface area contributed by atoms with Crippen LogP contribution in [0.4, 0.5) is 0 Å². The predicted octanol–water partition coefficient (Wildman–Crippen LogP) is 4.31. The molecule has 2 heteroatoms. The molecule has 0 aromatic heterocycles. The minimum absolute atomic E-state index is 0.123. The van der Waals surface area contributed by atoms with E-state index in [1.165, 1.54) is 18.2 Å². The molecule has 2 nitrogen and oxygen atoms in total. The first-order valence-electron chi connectivity index (χ1n) is 6.45. The molecule has 2 aromatic rings. The second-order valence-corrected chi connectivity index (χ2v) is 4.06. The average molecular weight is 256 g/mol. The summed E-state index contributed by atoms with van der Waals surface area (Å²) >= 11 is 0. The molecule has 19 heavy (non-hydrogen) atoms. The molecule has 0 heterocycles. The van der Waals surface area contributed by atoms with Crippen molar-refractivity contribution in [1.82, 2.24) is 0 Å². The zero-order chi connectivity index (χ0) is 13.9. The molecule has 0 bridgehead atoms. The lowest BCUT2D eigenvalue weighted by atomic mass is 10.1. The van der Waals surface area contributed by atoms with Gasteiger partial charge in [0.25, 0.3) is 0 Å². The van der Waals surface area contributed by atoms with Crippen LogP contribution in [0.5, 0.6) is 0 Å². The van der Waals surface area contributed by atoms with E-state index in [2.05, 4.69) is 53.3 Å². The van der Waals surface area contributed by atoms with Gasteiger partial charge in [0.2, 0.25) is 0 Å². The third-order valence-corrected chi connectivity index (χ3v) is 2.56. The molecular formula is C17H20O2. The highest BCUT2D eigenvalue weighted by Crippen LogP contribution is 2.17. The van der Waals surface area contributed by atoms with E-state index in [-0.39, 0.29) is 5.97 Å². The van der Waals surface area contributed by atoms with Crippen molar-refractivity contribution in [3.05, 3.63) is 60.7 Å². The van der Waals surface area contributed by atoms with Crippen LogP contribution in [0.2, 0.25) is 0 Å². The molecule has 100 valence electrons. The summed E-state index contributed by atoms with van der Waals surface area (Å²) in [5.74, 6) is -0.123. The fourth-order valence-corrected chi connectivity index (χ4v) is 1.57. The second-order valence-electron chi connectivity index (χ2n) is 4.06. The van der Waals surface area contributed by atoms with Gasteiger partial charge in [0.05, 0.1) is 7.11 Å². The Morgan fingerprint density at radius 2 is 1.32 bits per heavy atom. The maximum absolute atomic E-state index is 10.2. The highest BCUT2D eigenvalue weighted by Gasteiger charge is 1.93. The van der Waals surface area contributed by atoms with Crippen LogP contribution in [-0.2, 0) is 9.53 Å². The number of methoxy groups -OCH3 is 1. The summed E-state index contributed by atoms with van der Waals surface area (Å²) in [6.07, 6.45) is 1.41. The van der Waals surface area contributed by atoms with E-state index < -0.39 is 0 Å². The van der Waals surface area contributed by atoms with Crippen molar-refractivity contribution >= 4 is 5.97 Å². The normalized spacial score (nSPS) is 9.16. The SMILES string of the molecule is CCCC(=O)OC.c1ccc(-c2ccccc2)cc1. The molecule has 0 saturated heterocycles. The lowest BCUT2D eigenvalue weighted by Crippen LogP contribution is -1.97. The third-order valence-electron chi connectivity index (χ3n) is 2.56. The number of hydrogen-bond acceptors (Lipinski definition) is 2. The van der Waals surface area contributed by atoms with Gasteiger partial charge in [-0.3, -0.25) is 4.79 Å². The van der Waals surface area contributed by atoms with Gasteiger partial charge in [-0.2, -0.15) is 0 Å². The number of carbonyl (C=O) groups is 1. The Morgan fingerprint density at radius 3 is 1.58 bits per heavy atom. The Morgan fingerprint density at radius 1 is 0.895 bits per heavy atom. The molecule has 0 amide bonds. The molecule has 0 aliphatic rings. The molecule has 0 atom stereocenters. The van der Waals surface area contributed by atoms with Gasteiger partial charge in [0, 0.05) is 6.42 Å². The van der Waals surface area contributed by atoms with Crippen LogP contribution < -0.4 is 0 Å². The zero-order valence-corrected chi connectivity index (χ0v) is 11.5. The van der Waals surface area contributed by atoms with Gasteiger partial charge < -0.3 is 4.74 Å². The topological polar surface area (TPSA) is 26.3 Å². The lowest BCUT2D eigenvalue weighted by Gasteiger charge is -1.98. The van der Waals surface area contributed by atoms with Gasteiger partial charge in [0.15, 0.2) is 0 Å². The van der Waals surface area contributed by atoms with E-state index in [0.717, 1.165) is 6.42 Å². The van der Waals surface area contributed by atoms with Crippen molar-refractivity contribution in [3.63, 3.8) is 0 Å². The average Bonchev–Trinajstić information content (AvgIpc) is 2.50. The van der Waals surface area contributed by atoms with E-state index in [0.29, 0.717) is 6.42 Å². The van der Waals surface area contributed by atoms with Gasteiger partial charge >= 0.3 is 5.97 Å². The fraction of sp³-hybridized carbons (Fsp3) is 0.235. The van der Waals surface area contributed by atoms with Crippen LogP contribution in [-0.4, -0.2) is 13.1 Å². The maximum atomic E-state index is 10.2. The van der Waals surface area contributed by atoms with Crippen molar-refractivity contribution in [2.75, 3.05) is 7.11 Å². The summed E-state index contributed by atoms with van der Waals surface area (Å²) in [5.41, 5.74) is 2.55. The summed E-state index contributed by atoms with van der Waals surface area (Å²) in [4.78, 5) is 10.2. The van der Waals surface area contributed by atoms with Crippen molar-refractivity contribution in [2.24, 2.45) is 0 Å².